The van der Waals surface area contributed by atoms with E-state index < -0.39 is 0 Å². The molecule has 1 heterocycles. The predicted molar refractivity (Wildman–Crippen MR) is 40.9 cm³/mol. The minimum Gasteiger partial charge on any atom is -0.359 e. The van der Waals surface area contributed by atoms with Crippen LogP contribution in [-0.2, 0) is 11.3 Å². The molecule has 1 aromatic rings. The highest BCUT2D eigenvalue weighted by atomic mass is 16.1. The van der Waals surface area contributed by atoms with Gasteiger partial charge in [-0.3, -0.25) is 4.79 Å². The number of imidazole rings is 1. The molecule has 0 spiro atoms. The Labute approximate surface area is 65.2 Å². The topological polar surface area (TPSA) is 46.9 Å². The van der Waals surface area contributed by atoms with Crippen LogP contribution in [0.3, 0.4) is 0 Å². The molecule has 1 N–H and O–H groups in total. The van der Waals surface area contributed by atoms with Gasteiger partial charge in [0.25, 0.3) is 0 Å². The number of amides is 1. The molecule has 0 aliphatic carbocycles. The Kier molecular flexibility index (Phi) is 2.66. The van der Waals surface area contributed by atoms with Crippen molar-refractivity contribution in [2.75, 3.05) is 7.05 Å². The Morgan fingerprint density at radius 2 is 2.55 bits per heavy atom. The zero-order chi connectivity index (χ0) is 8.10. The summed E-state index contributed by atoms with van der Waals surface area (Å²) in [6, 6.07) is 0. The van der Waals surface area contributed by atoms with Gasteiger partial charge in [-0.25, -0.2) is 4.98 Å². The van der Waals surface area contributed by atoms with Gasteiger partial charge in [0.1, 0.15) is 0 Å². The van der Waals surface area contributed by atoms with E-state index in [1.165, 1.54) is 0 Å². The number of rotatable bonds is 3. The Morgan fingerprint density at radius 3 is 3.09 bits per heavy atom. The van der Waals surface area contributed by atoms with E-state index in [9.17, 15) is 4.79 Å². The lowest BCUT2D eigenvalue weighted by Gasteiger charge is -1.99. The first-order chi connectivity index (χ1) is 5.33. The van der Waals surface area contributed by atoms with Gasteiger partial charge < -0.3 is 9.88 Å². The van der Waals surface area contributed by atoms with E-state index in [4.69, 9.17) is 0 Å². The van der Waals surface area contributed by atoms with Gasteiger partial charge in [0.15, 0.2) is 0 Å². The molecule has 0 unspecified atom stereocenters. The fraction of sp³-hybridized carbons (Fsp3) is 0.429. The molecule has 0 aliphatic heterocycles. The molecule has 0 radical (unpaired) electrons. The van der Waals surface area contributed by atoms with Gasteiger partial charge in [0, 0.05) is 32.4 Å². The molecule has 0 bridgehead atoms. The third kappa shape index (κ3) is 2.41. The Morgan fingerprint density at radius 1 is 1.73 bits per heavy atom. The molecule has 1 rings (SSSR count). The van der Waals surface area contributed by atoms with Crippen molar-refractivity contribution < 1.29 is 4.79 Å². The smallest absolute Gasteiger partial charge is 0.221 e. The molecular formula is C7H11N3O. The first-order valence-corrected chi connectivity index (χ1v) is 3.49. The number of carbonyl (C=O) groups excluding carboxylic acids is 1. The van der Waals surface area contributed by atoms with Crippen molar-refractivity contribution in [3.63, 3.8) is 0 Å². The fourth-order valence-electron chi connectivity index (χ4n) is 0.775. The number of hydrogen-bond acceptors (Lipinski definition) is 2. The molecule has 0 saturated carbocycles. The summed E-state index contributed by atoms with van der Waals surface area (Å²) >= 11 is 0. The second kappa shape index (κ2) is 3.75. The van der Waals surface area contributed by atoms with Crippen LogP contribution in [-0.4, -0.2) is 22.5 Å². The number of nitrogens with zero attached hydrogens (tertiary/aromatic N) is 2. The van der Waals surface area contributed by atoms with Gasteiger partial charge in [-0.05, 0) is 0 Å². The monoisotopic (exact) mass is 153 g/mol. The molecule has 0 aromatic carbocycles. The van der Waals surface area contributed by atoms with Crippen molar-refractivity contribution in [2.45, 2.75) is 13.0 Å². The minimum absolute atomic E-state index is 0.0544. The van der Waals surface area contributed by atoms with Gasteiger partial charge in [0.2, 0.25) is 5.91 Å². The van der Waals surface area contributed by atoms with E-state index in [-0.39, 0.29) is 5.91 Å². The van der Waals surface area contributed by atoms with Crippen molar-refractivity contribution in [3.8, 4) is 0 Å². The lowest BCUT2D eigenvalue weighted by atomic mass is 10.4. The van der Waals surface area contributed by atoms with Gasteiger partial charge in [0.05, 0.1) is 6.33 Å². The summed E-state index contributed by atoms with van der Waals surface area (Å²) in [6.45, 7) is 0.694. The van der Waals surface area contributed by atoms with Crippen LogP contribution in [0.4, 0.5) is 0 Å². The third-order valence-electron chi connectivity index (χ3n) is 1.44. The summed E-state index contributed by atoms with van der Waals surface area (Å²) in [5, 5.41) is 2.55. The van der Waals surface area contributed by atoms with Crippen molar-refractivity contribution in [1.82, 2.24) is 14.9 Å². The molecular weight excluding hydrogens is 142 g/mol. The quantitative estimate of drug-likeness (QED) is 0.665. The highest BCUT2D eigenvalue weighted by Gasteiger charge is 1.96. The number of nitrogens with one attached hydrogen (secondary N) is 1. The molecule has 0 saturated heterocycles. The Balaban J connectivity index is 2.29. The predicted octanol–water partition coefficient (Wildman–Crippen LogP) is 0.0192. The molecule has 0 atom stereocenters. The Hall–Kier alpha value is -1.32. The standard InChI is InChI=1S/C7H11N3O/c1-8-7(11)2-4-10-5-3-9-6-10/h3,5-6H,2,4H2,1H3,(H,8,11). The summed E-state index contributed by atoms with van der Waals surface area (Å²) in [4.78, 5) is 14.6. The average Bonchev–Trinajstić information content (AvgIpc) is 2.52. The van der Waals surface area contributed by atoms with Crippen LogP contribution >= 0.6 is 0 Å². The molecule has 11 heavy (non-hydrogen) atoms. The first kappa shape index (κ1) is 7.78. The molecule has 0 aliphatic rings. The molecule has 1 amide bonds. The van der Waals surface area contributed by atoms with E-state index in [1.807, 2.05) is 10.8 Å². The van der Waals surface area contributed by atoms with Crippen molar-refractivity contribution >= 4 is 5.91 Å². The normalized spacial score (nSPS) is 9.55. The zero-order valence-electron chi connectivity index (χ0n) is 6.45. The van der Waals surface area contributed by atoms with E-state index in [0.717, 1.165) is 0 Å². The molecule has 0 fully saturated rings. The maximum absolute atomic E-state index is 10.8. The SMILES string of the molecule is CNC(=O)CCn1ccnc1. The molecule has 60 valence electrons. The average molecular weight is 153 g/mol. The van der Waals surface area contributed by atoms with E-state index in [2.05, 4.69) is 10.3 Å². The number of carbonyl (C=O) groups is 1. The maximum Gasteiger partial charge on any atom is 0.221 e. The largest absolute Gasteiger partial charge is 0.359 e. The van der Waals surface area contributed by atoms with E-state index in [0.29, 0.717) is 13.0 Å². The van der Waals surface area contributed by atoms with Crippen LogP contribution < -0.4 is 5.32 Å². The minimum atomic E-state index is 0.0544. The summed E-state index contributed by atoms with van der Waals surface area (Å²) in [6.07, 6.45) is 5.74. The lowest BCUT2D eigenvalue weighted by molar-refractivity contribution is -0.120. The van der Waals surface area contributed by atoms with Gasteiger partial charge in [-0.1, -0.05) is 0 Å². The van der Waals surface area contributed by atoms with Crippen LogP contribution in [0.2, 0.25) is 0 Å². The van der Waals surface area contributed by atoms with E-state index >= 15 is 0 Å². The summed E-state index contributed by atoms with van der Waals surface area (Å²) in [5.74, 6) is 0.0544. The van der Waals surface area contributed by atoms with Crippen molar-refractivity contribution in [3.05, 3.63) is 18.7 Å². The van der Waals surface area contributed by atoms with Crippen LogP contribution in [0, 0.1) is 0 Å². The highest BCUT2D eigenvalue weighted by Crippen LogP contribution is 1.89. The Bertz CT molecular complexity index is 218. The third-order valence-corrected chi connectivity index (χ3v) is 1.44. The first-order valence-electron chi connectivity index (χ1n) is 3.49. The van der Waals surface area contributed by atoms with Crippen LogP contribution in [0.25, 0.3) is 0 Å². The maximum atomic E-state index is 10.8. The second-order valence-corrected chi connectivity index (χ2v) is 2.22. The zero-order valence-corrected chi connectivity index (χ0v) is 6.45. The van der Waals surface area contributed by atoms with Crippen LogP contribution in [0.5, 0.6) is 0 Å². The molecule has 4 nitrogen and oxygen atoms in total. The van der Waals surface area contributed by atoms with Gasteiger partial charge >= 0.3 is 0 Å². The van der Waals surface area contributed by atoms with Crippen LogP contribution in [0.15, 0.2) is 18.7 Å². The van der Waals surface area contributed by atoms with Gasteiger partial charge in [-0.2, -0.15) is 0 Å². The van der Waals surface area contributed by atoms with Crippen molar-refractivity contribution in [2.24, 2.45) is 0 Å². The number of hydrogen-bond donors (Lipinski definition) is 1. The lowest BCUT2D eigenvalue weighted by Crippen LogP contribution is -2.19. The second-order valence-electron chi connectivity index (χ2n) is 2.22. The highest BCUT2D eigenvalue weighted by molar-refractivity contribution is 5.75. The number of aromatic nitrogens is 2. The van der Waals surface area contributed by atoms with Gasteiger partial charge in [-0.15, -0.1) is 0 Å². The summed E-state index contributed by atoms with van der Waals surface area (Å²) in [7, 11) is 1.64. The fourth-order valence-corrected chi connectivity index (χ4v) is 0.775. The summed E-state index contributed by atoms with van der Waals surface area (Å²) in [5.41, 5.74) is 0. The van der Waals surface area contributed by atoms with E-state index in [1.54, 1.807) is 19.6 Å². The summed E-state index contributed by atoms with van der Waals surface area (Å²) < 4.78 is 1.87. The number of aryl methyl sites for hydroxylation is 1. The van der Waals surface area contributed by atoms with Crippen molar-refractivity contribution in [1.29, 1.82) is 0 Å². The molecule has 4 heteroatoms. The van der Waals surface area contributed by atoms with Crippen LogP contribution in [0.1, 0.15) is 6.42 Å². The molecule has 1 aromatic heterocycles.